The molecule has 4 heteroatoms. The van der Waals surface area contributed by atoms with Gasteiger partial charge in [-0.05, 0) is 18.1 Å². The number of hydrogen-bond acceptors (Lipinski definition) is 3. The van der Waals surface area contributed by atoms with Crippen LogP contribution >= 0.6 is 12.6 Å². The van der Waals surface area contributed by atoms with Gasteiger partial charge in [0.25, 0.3) is 0 Å². The van der Waals surface area contributed by atoms with Crippen LogP contribution in [0.15, 0.2) is 18.2 Å². The molecule has 0 saturated heterocycles. The molecule has 0 aliphatic rings. The molecule has 0 unspecified atom stereocenters. The molecule has 3 nitrogen and oxygen atoms in total. The summed E-state index contributed by atoms with van der Waals surface area (Å²) in [5.74, 6) is 5.25. The minimum Gasteiger partial charge on any atom is -0.477 e. The monoisotopic (exact) mass is 207 g/mol. The minimum absolute atomic E-state index is 0.0164. The molecule has 0 aliphatic heterocycles. The first-order valence-corrected chi connectivity index (χ1v) is 4.67. The number of nitrogens with zero attached hydrogens (tertiary/aromatic N) is 1. The van der Waals surface area contributed by atoms with Crippen molar-refractivity contribution in [2.45, 2.75) is 6.42 Å². The highest BCUT2D eigenvalue weighted by Crippen LogP contribution is 1.98. The normalized spacial score (nSPS) is 8.93. The second-order valence-corrected chi connectivity index (χ2v) is 2.94. The largest absolute Gasteiger partial charge is 0.477 e. The van der Waals surface area contributed by atoms with Crippen molar-refractivity contribution in [3.05, 3.63) is 29.6 Å². The third-order valence-electron chi connectivity index (χ3n) is 1.42. The zero-order valence-corrected chi connectivity index (χ0v) is 8.29. The molecule has 0 spiro atoms. The van der Waals surface area contributed by atoms with E-state index in [9.17, 15) is 4.79 Å². The maximum Gasteiger partial charge on any atom is 0.354 e. The maximum absolute atomic E-state index is 10.6. The number of thiol groups is 1. The molecule has 0 fully saturated rings. The Morgan fingerprint density at radius 2 is 2.36 bits per heavy atom. The zero-order valence-electron chi connectivity index (χ0n) is 7.40. The van der Waals surface area contributed by atoms with Crippen molar-refractivity contribution >= 4 is 18.6 Å². The third-order valence-corrected chi connectivity index (χ3v) is 1.65. The van der Waals surface area contributed by atoms with Crippen LogP contribution in [0.4, 0.5) is 0 Å². The third kappa shape index (κ3) is 3.11. The summed E-state index contributed by atoms with van der Waals surface area (Å²) >= 11 is 4.00. The molecule has 1 aromatic rings. The highest BCUT2D eigenvalue weighted by molar-refractivity contribution is 7.80. The molecule has 1 N–H and O–H groups in total. The van der Waals surface area contributed by atoms with E-state index in [0.29, 0.717) is 17.9 Å². The second-order valence-electron chi connectivity index (χ2n) is 2.49. The van der Waals surface area contributed by atoms with Crippen molar-refractivity contribution in [3.63, 3.8) is 0 Å². The van der Waals surface area contributed by atoms with E-state index in [0.717, 1.165) is 0 Å². The smallest absolute Gasteiger partial charge is 0.354 e. The Labute approximate surface area is 87.6 Å². The number of pyridine rings is 1. The van der Waals surface area contributed by atoms with Gasteiger partial charge in [0, 0.05) is 12.2 Å². The van der Waals surface area contributed by atoms with Gasteiger partial charge in [-0.25, -0.2) is 9.78 Å². The summed E-state index contributed by atoms with van der Waals surface area (Å²) in [5.41, 5.74) is 0.495. The van der Waals surface area contributed by atoms with Gasteiger partial charge in [0.1, 0.15) is 11.4 Å². The lowest BCUT2D eigenvalue weighted by molar-refractivity contribution is 0.0690. The van der Waals surface area contributed by atoms with Crippen LogP contribution in [0.25, 0.3) is 0 Å². The van der Waals surface area contributed by atoms with Gasteiger partial charge in [-0.3, -0.25) is 0 Å². The minimum atomic E-state index is -1.04. The van der Waals surface area contributed by atoms with Crippen molar-refractivity contribution in [2.75, 3.05) is 5.75 Å². The lowest BCUT2D eigenvalue weighted by atomic mass is 10.3. The van der Waals surface area contributed by atoms with Gasteiger partial charge in [-0.2, -0.15) is 12.6 Å². The first-order chi connectivity index (χ1) is 6.74. The van der Waals surface area contributed by atoms with Gasteiger partial charge < -0.3 is 5.11 Å². The Morgan fingerprint density at radius 3 is 3.00 bits per heavy atom. The average Bonchev–Trinajstić information content (AvgIpc) is 2.19. The predicted molar refractivity (Wildman–Crippen MR) is 56.5 cm³/mol. The highest BCUT2D eigenvalue weighted by Gasteiger charge is 2.02. The van der Waals surface area contributed by atoms with Crippen LogP contribution in [0.3, 0.4) is 0 Å². The highest BCUT2D eigenvalue weighted by atomic mass is 32.1. The van der Waals surface area contributed by atoms with E-state index in [1.807, 2.05) is 0 Å². The van der Waals surface area contributed by atoms with Crippen LogP contribution in [0.5, 0.6) is 0 Å². The number of hydrogen-bond donors (Lipinski definition) is 2. The Kier molecular flexibility index (Phi) is 4.02. The number of rotatable bonds is 2. The van der Waals surface area contributed by atoms with Gasteiger partial charge in [-0.1, -0.05) is 12.0 Å². The molecule has 1 rings (SSSR count). The van der Waals surface area contributed by atoms with Crippen molar-refractivity contribution < 1.29 is 9.90 Å². The fourth-order valence-electron chi connectivity index (χ4n) is 0.832. The van der Waals surface area contributed by atoms with E-state index in [2.05, 4.69) is 29.5 Å². The second kappa shape index (κ2) is 5.30. The quantitative estimate of drug-likeness (QED) is 0.570. The summed E-state index contributed by atoms with van der Waals surface area (Å²) in [6.07, 6.45) is 0.669. The maximum atomic E-state index is 10.6. The molecule has 0 saturated carbocycles. The number of aromatic nitrogens is 1. The Hall–Kier alpha value is -1.47. The first kappa shape index (κ1) is 10.6. The summed E-state index contributed by atoms with van der Waals surface area (Å²) in [5, 5.41) is 8.66. The van der Waals surface area contributed by atoms with E-state index in [1.54, 1.807) is 12.1 Å². The van der Waals surface area contributed by atoms with Crippen LogP contribution in [-0.2, 0) is 0 Å². The average molecular weight is 207 g/mol. The Balaban J connectivity index is 2.85. The van der Waals surface area contributed by atoms with Gasteiger partial charge in [0.2, 0.25) is 0 Å². The van der Waals surface area contributed by atoms with E-state index in [1.165, 1.54) is 6.07 Å². The van der Waals surface area contributed by atoms with Crippen molar-refractivity contribution in [3.8, 4) is 11.8 Å². The van der Waals surface area contributed by atoms with Gasteiger partial charge in [0.15, 0.2) is 0 Å². The number of carboxylic acid groups (broad SMARTS) is 1. The molecule has 0 atom stereocenters. The molecule has 14 heavy (non-hydrogen) atoms. The summed E-state index contributed by atoms with van der Waals surface area (Å²) in [6.45, 7) is 0. The molecule has 1 aromatic heterocycles. The van der Waals surface area contributed by atoms with E-state index >= 15 is 0 Å². The number of carbonyl (C=O) groups is 1. The van der Waals surface area contributed by atoms with Crippen LogP contribution < -0.4 is 0 Å². The molecule has 1 heterocycles. The lowest BCUT2D eigenvalue weighted by Gasteiger charge is -1.93. The molecule has 0 radical (unpaired) electrons. The molecule has 0 aliphatic carbocycles. The fourth-order valence-corrected chi connectivity index (χ4v) is 0.944. The SMILES string of the molecule is O=C(O)c1cccc(C#CCCS)n1. The molecule has 72 valence electrons. The van der Waals surface area contributed by atoms with Crippen molar-refractivity contribution in [1.82, 2.24) is 4.98 Å². The number of carboxylic acids is 1. The molecular formula is C10H9NO2S. The topological polar surface area (TPSA) is 50.2 Å². The molecule has 0 bridgehead atoms. The van der Waals surface area contributed by atoms with Gasteiger partial charge in [-0.15, -0.1) is 0 Å². The zero-order chi connectivity index (χ0) is 10.4. The summed E-state index contributed by atoms with van der Waals surface area (Å²) in [6, 6.07) is 4.74. The number of aromatic carboxylic acids is 1. The van der Waals surface area contributed by atoms with Gasteiger partial charge >= 0.3 is 5.97 Å². The van der Waals surface area contributed by atoms with Crippen LogP contribution in [-0.4, -0.2) is 21.8 Å². The summed E-state index contributed by atoms with van der Waals surface area (Å²) in [7, 11) is 0. The van der Waals surface area contributed by atoms with Crippen molar-refractivity contribution in [1.29, 1.82) is 0 Å². The fraction of sp³-hybridized carbons (Fsp3) is 0.200. The van der Waals surface area contributed by atoms with E-state index in [4.69, 9.17) is 5.11 Å². The van der Waals surface area contributed by atoms with Crippen LogP contribution in [0.1, 0.15) is 22.6 Å². The standard InChI is InChI=1S/C10H9NO2S/c12-10(13)9-6-3-5-8(11-9)4-1-2-7-14/h3,5-6,14H,2,7H2,(H,12,13). The Morgan fingerprint density at radius 1 is 1.57 bits per heavy atom. The van der Waals surface area contributed by atoms with E-state index in [-0.39, 0.29) is 5.69 Å². The molecular weight excluding hydrogens is 198 g/mol. The molecule has 0 amide bonds. The summed E-state index contributed by atoms with van der Waals surface area (Å²) in [4.78, 5) is 14.4. The first-order valence-electron chi connectivity index (χ1n) is 4.04. The molecule has 0 aromatic carbocycles. The van der Waals surface area contributed by atoms with E-state index < -0.39 is 5.97 Å². The van der Waals surface area contributed by atoms with Crippen molar-refractivity contribution in [2.24, 2.45) is 0 Å². The lowest BCUT2D eigenvalue weighted by Crippen LogP contribution is -2.00. The van der Waals surface area contributed by atoms with Crippen LogP contribution in [0.2, 0.25) is 0 Å². The summed E-state index contributed by atoms with van der Waals surface area (Å²) < 4.78 is 0. The van der Waals surface area contributed by atoms with Gasteiger partial charge in [0.05, 0.1) is 0 Å². The van der Waals surface area contributed by atoms with Crippen LogP contribution in [0, 0.1) is 11.8 Å². The Bertz CT molecular complexity index is 393. The predicted octanol–water partition coefficient (Wildman–Crippen LogP) is 1.45.